The van der Waals surface area contributed by atoms with Gasteiger partial charge in [-0.05, 0) is 17.7 Å². The quantitative estimate of drug-likeness (QED) is 0.499. The molecule has 0 unspecified atom stereocenters. The molecule has 0 fully saturated rings. The van der Waals surface area contributed by atoms with E-state index in [1.807, 2.05) is 60.4 Å². The fraction of sp³-hybridized carbons (Fsp3) is 0.111. The van der Waals surface area contributed by atoms with Gasteiger partial charge in [0.1, 0.15) is 5.65 Å². The van der Waals surface area contributed by atoms with E-state index in [-0.39, 0.29) is 0 Å². The summed E-state index contributed by atoms with van der Waals surface area (Å²) in [4.78, 5) is 9.16. The molecule has 3 aromatic heterocycles. The van der Waals surface area contributed by atoms with Crippen molar-refractivity contribution in [3.63, 3.8) is 0 Å². The molecule has 0 saturated carbocycles. The van der Waals surface area contributed by atoms with Crippen molar-refractivity contribution in [1.29, 1.82) is 0 Å². The lowest BCUT2D eigenvalue weighted by molar-refractivity contribution is 0.796. The zero-order chi connectivity index (χ0) is 16.5. The molecule has 4 aromatic rings. The van der Waals surface area contributed by atoms with Crippen LogP contribution < -0.4 is 0 Å². The van der Waals surface area contributed by atoms with Crippen molar-refractivity contribution in [1.82, 2.24) is 18.9 Å². The van der Waals surface area contributed by atoms with Crippen molar-refractivity contribution in [3.05, 3.63) is 71.8 Å². The average molecular weight is 355 g/mol. The van der Waals surface area contributed by atoms with Gasteiger partial charge in [-0.2, -0.15) is 0 Å². The predicted octanol–water partition coefficient (Wildman–Crippen LogP) is 4.68. The van der Waals surface area contributed by atoms with E-state index in [4.69, 9.17) is 11.6 Å². The fourth-order valence-electron chi connectivity index (χ4n) is 2.63. The van der Waals surface area contributed by atoms with Gasteiger partial charge < -0.3 is 8.97 Å². The zero-order valence-corrected chi connectivity index (χ0v) is 14.6. The summed E-state index contributed by atoms with van der Waals surface area (Å²) in [5.74, 6) is 0.762. The van der Waals surface area contributed by atoms with Crippen LogP contribution in [0.2, 0.25) is 5.02 Å². The van der Waals surface area contributed by atoms with E-state index in [9.17, 15) is 0 Å². The van der Waals surface area contributed by atoms with E-state index in [0.717, 1.165) is 27.9 Å². The summed E-state index contributed by atoms with van der Waals surface area (Å²) < 4.78 is 4.07. The van der Waals surface area contributed by atoms with Crippen molar-refractivity contribution < 1.29 is 0 Å². The molecular formula is C18H15ClN4S. The van der Waals surface area contributed by atoms with Gasteiger partial charge in [0.2, 0.25) is 0 Å². The lowest BCUT2D eigenvalue weighted by Crippen LogP contribution is -1.94. The second-order valence-corrected chi connectivity index (χ2v) is 6.86. The number of rotatable bonds is 4. The molecule has 3 heterocycles. The highest BCUT2D eigenvalue weighted by atomic mass is 35.5. The Morgan fingerprint density at radius 2 is 1.92 bits per heavy atom. The van der Waals surface area contributed by atoms with Gasteiger partial charge in [0.15, 0.2) is 5.16 Å². The zero-order valence-electron chi connectivity index (χ0n) is 13.1. The van der Waals surface area contributed by atoms with Crippen LogP contribution in [0.15, 0.2) is 66.2 Å². The Morgan fingerprint density at radius 3 is 2.75 bits per heavy atom. The second kappa shape index (κ2) is 6.34. The molecule has 0 N–H and O–H groups in total. The first-order chi connectivity index (χ1) is 11.7. The van der Waals surface area contributed by atoms with Gasteiger partial charge in [0, 0.05) is 25.2 Å². The first-order valence-electron chi connectivity index (χ1n) is 7.54. The first-order valence-corrected chi connectivity index (χ1v) is 8.90. The van der Waals surface area contributed by atoms with Gasteiger partial charge in [-0.15, -0.1) is 0 Å². The molecule has 120 valence electrons. The molecule has 6 heteroatoms. The largest absolute Gasteiger partial charge is 0.322 e. The van der Waals surface area contributed by atoms with E-state index >= 15 is 0 Å². The van der Waals surface area contributed by atoms with Gasteiger partial charge >= 0.3 is 0 Å². The van der Waals surface area contributed by atoms with Crippen LogP contribution in [0.3, 0.4) is 0 Å². The average Bonchev–Trinajstić information content (AvgIpc) is 3.16. The van der Waals surface area contributed by atoms with Crippen molar-refractivity contribution >= 4 is 29.0 Å². The van der Waals surface area contributed by atoms with Crippen LogP contribution in [-0.4, -0.2) is 18.9 Å². The van der Waals surface area contributed by atoms with E-state index in [0.29, 0.717) is 5.02 Å². The number of nitrogens with zero attached hydrogens (tertiary/aromatic N) is 4. The molecule has 0 radical (unpaired) electrons. The third kappa shape index (κ3) is 2.92. The topological polar surface area (TPSA) is 35.1 Å². The molecule has 0 aliphatic heterocycles. The van der Waals surface area contributed by atoms with Crippen LogP contribution in [0.5, 0.6) is 0 Å². The minimum absolute atomic E-state index is 0.704. The summed E-state index contributed by atoms with van der Waals surface area (Å²) in [6, 6.07) is 14.1. The third-order valence-electron chi connectivity index (χ3n) is 3.83. The molecule has 0 aliphatic rings. The van der Waals surface area contributed by atoms with E-state index in [1.165, 1.54) is 5.56 Å². The number of hydrogen-bond donors (Lipinski definition) is 0. The molecule has 0 bridgehead atoms. The van der Waals surface area contributed by atoms with Gasteiger partial charge in [-0.3, -0.25) is 0 Å². The molecule has 4 rings (SSSR count). The fourth-order valence-corrected chi connectivity index (χ4v) is 3.63. The maximum absolute atomic E-state index is 6.02. The predicted molar refractivity (Wildman–Crippen MR) is 98.4 cm³/mol. The van der Waals surface area contributed by atoms with Crippen LogP contribution >= 0.6 is 23.4 Å². The van der Waals surface area contributed by atoms with Crippen LogP contribution in [0.25, 0.3) is 16.9 Å². The Labute approximate surface area is 149 Å². The lowest BCUT2D eigenvalue weighted by atomic mass is 10.2. The number of imidazole rings is 2. The monoisotopic (exact) mass is 354 g/mol. The third-order valence-corrected chi connectivity index (χ3v) is 5.13. The molecule has 0 atom stereocenters. The van der Waals surface area contributed by atoms with Crippen LogP contribution in [0, 0.1) is 0 Å². The number of aromatic nitrogens is 4. The highest BCUT2D eigenvalue weighted by molar-refractivity contribution is 7.98. The molecule has 0 saturated heterocycles. The number of hydrogen-bond acceptors (Lipinski definition) is 3. The second-order valence-electron chi connectivity index (χ2n) is 5.48. The summed E-state index contributed by atoms with van der Waals surface area (Å²) in [6.07, 6.45) is 5.79. The molecule has 24 heavy (non-hydrogen) atoms. The van der Waals surface area contributed by atoms with E-state index in [2.05, 4.69) is 26.7 Å². The Kier molecular flexibility index (Phi) is 4.04. The maximum atomic E-state index is 6.02. The number of halogens is 1. The van der Waals surface area contributed by atoms with E-state index < -0.39 is 0 Å². The standard InChI is InChI=1S/C18H15ClN4S/c1-22-16(13-5-3-2-4-6-13)9-20-18(22)24-12-15-11-23-10-14(19)7-8-17(23)21-15/h2-11H,12H2,1H3. The Hall–Kier alpha value is -2.24. The summed E-state index contributed by atoms with van der Waals surface area (Å²) >= 11 is 7.69. The molecule has 4 nitrogen and oxygen atoms in total. The van der Waals surface area contributed by atoms with Crippen LogP contribution in [-0.2, 0) is 12.8 Å². The molecule has 0 spiro atoms. The van der Waals surface area contributed by atoms with Crippen LogP contribution in [0.4, 0.5) is 0 Å². The van der Waals surface area contributed by atoms with Crippen molar-refractivity contribution in [2.75, 3.05) is 0 Å². The van der Waals surface area contributed by atoms with E-state index in [1.54, 1.807) is 11.8 Å². The van der Waals surface area contributed by atoms with Crippen LogP contribution in [0.1, 0.15) is 5.69 Å². The Morgan fingerprint density at radius 1 is 1.08 bits per heavy atom. The maximum Gasteiger partial charge on any atom is 0.168 e. The van der Waals surface area contributed by atoms with Crippen molar-refractivity contribution in [2.45, 2.75) is 10.9 Å². The van der Waals surface area contributed by atoms with Crippen molar-refractivity contribution in [2.24, 2.45) is 7.05 Å². The number of thioether (sulfide) groups is 1. The molecular weight excluding hydrogens is 340 g/mol. The normalized spacial score (nSPS) is 11.2. The summed E-state index contributed by atoms with van der Waals surface area (Å²) in [7, 11) is 2.04. The number of benzene rings is 1. The number of pyridine rings is 1. The smallest absolute Gasteiger partial charge is 0.168 e. The minimum Gasteiger partial charge on any atom is -0.322 e. The highest BCUT2D eigenvalue weighted by Gasteiger charge is 2.10. The minimum atomic E-state index is 0.704. The molecule has 0 amide bonds. The summed E-state index contributed by atoms with van der Waals surface area (Å²) in [5.41, 5.74) is 4.19. The lowest BCUT2D eigenvalue weighted by Gasteiger charge is -2.05. The van der Waals surface area contributed by atoms with Gasteiger partial charge in [-0.1, -0.05) is 53.7 Å². The molecule has 1 aromatic carbocycles. The Balaban J connectivity index is 1.54. The Bertz CT molecular complexity index is 991. The number of fused-ring (bicyclic) bond motifs is 1. The van der Waals surface area contributed by atoms with Crippen molar-refractivity contribution in [3.8, 4) is 11.3 Å². The first kappa shape index (κ1) is 15.3. The van der Waals surface area contributed by atoms with Gasteiger partial charge in [0.25, 0.3) is 0 Å². The van der Waals surface area contributed by atoms with Gasteiger partial charge in [-0.25, -0.2) is 9.97 Å². The molecule has 0 aliphatic carbocycles. The highest BCUT2D eigenvalue weighted by Crippen LogP contribution is 2.27. The van der Waals surface area contributed by atoms with Gasteiger partial charge in [0.05, 0.1) is 22.6 Å². The SMILES string of the molecule is Cn1c(-c2ccccc2)cnc1SCc1cn2cc(Cl)ccc2n1. The summed E-state index contributed by atoms with van der Waals surface area (Å²) in [5, 5.41) is 1.68. The summed E-state index contributed by atoms with van der Waals surface area (Å²) in [6.45, 7) is 0.